The maximum absolute atomic E-state index is 2.47. The molecule has 0 atom stereocenters. The fourth-order valence-electron chi connectivity index (χ4n) is 2.76. The molecule has 0 spiro atoms. The number of hydrogen-bond donors (Lipinski definition) is 0. The molecule has 13 heavy (non-hydrogen) atoms. The van der Waals surface area contributed by atoms with Crippen LogP contribution in [0.2, 0.25) is 0 Å². The van der Waals surface area contributed by atoms with Gasteiger partial charge in [0.25, 0.3) is 0 Å². The molecule has 0 saturated heterocycles. The summed E-state index contributed by atoms with van der Waals surface area (Å²) in [5, 5.41) is 0. The summed E-state index contributed by atoms with van der Waals surface area (Å²) in [6.45, 7) is 2.47. The minimum Gasteiger partial charge on any atom is -0.0596 e. The molecule has 2 aliphatic carbocycles. The standard InChI is InChI=1S/C13H24/c1-13(10-11-13)9-5-8-12-6-3-2-4-7-12/h12H,2-11H2,1H3. The molecule has 0 aliphatic heterocycles. The van der Waals surface area contributed by atoms with Gasteiger partial charge in [0.05, 0.1) is 0 Å². The van der Waals surface area contributed by atoms with E-state index in [2.05, 4.69) is 6.92 Å². The van der Waals surface area contributed by atoms with E-state index in [1.165, 1.54) is 64.2 Å². The fraction of sp³-hybridized carbons (Fsp3) is 1.00. The highest BCUT2D eigenvalue weighted by Crippen LogP contribution is 2.49. The van der Waals surface area contributed by atoms with Crippen LogP contribution in [0.3, 0.4) is 0 Å². The van der Waals surface area contributed by atoms with E-state index < -0.39 is 0 Å². The lowest BCUT2D eigenvalue weighted by molar-refractivity contribution is 0.318. The Morgan fingerprint density at radius 2 is 1.77 bits per heavy atom. The van der Waals surface area contributed by atoms with Crippen molar-refractivity contribution in [3.63, 3.8) is 0 Å². The molecule has 0 bridgehead atoms. The van der Waals surface area contributed by atoms with Gasteiger partial charge in [0, 0.05) is 0 Å². The minimum atomic E-state index is 0.800. The molecular formula is C13H24. The third-order valence-electron chi connectivity index (χ3n) is 4.22. The lowest BCUT2D eigenvalue weighted by atomic mass is 9.85. The Balaban J connectivity index is 1.56. The summed E-state index contributed by atoms with van der Waals surface area (Å²) in [7, 11) is 0. The molecule has 0 amide bonds. The first-order valence-electron chi connectivity index (χ1n) is 6.29. The zero-order valence-corrected chi connectivity index (χ0v) is 9.15. The average Bonchev–Trinajstić information content (AvgIpc) is 2.86. The van der Waals surface area contributed by atoms with Crippen LogP contribution < -0.4 is 0 Å². The summed E-state index contributed by atoms with van der Waals surface area (Å²) < 4.78 is 0. The van der Waals surface area contributed by atoms with Crippen molar-refractivity contribution in [2.24, 2.45) is 11.3 Å². The van der Waals surface area contributed by atoms with Crippen LogP contribution in [-0.2, 0) is 0 Å². The third-order valence-corrected chi connectivity index (χ3v) is 4.22. The summed E-state index contributed by atoms with van der Waals surface area (Å²) >= 11 is 0. The molecule has 2 fully saturated rings. The van der Waals surface area contributed by atoms with Crippen molar-refractivity contribution in [3.05, 3.63) is 0 Å². The van der Waals surface area contributed by atoms with E-state index in [0.29, 0.717) is 0 Å². The lowest BCUT2D eigenvalue weighted by Crippen LogP contribution is -2.06. The van der Waals surface area contributed by atoms with Crippen LogP contribution in [0, 0.1) is 11.3 Å². The second-order valence-electron chi connectivity index (χ2n) is 5.71. The van der Waals surface area contributed by atoms with Crippen LogP contribution in [0.1, 0.15) is 71.1 Å². The highest BCUT2D eigenvalue weighted by molar-refractivity contribution is 4.88. The fourth-order valence-corrected chi connectivity index (χ4v) is 2.76. The molecule has 0 aromatic heterocycles. The SMILES string of the molecule is CC1(CCCC2CCCCC2)CC1. The Morgan fingerprint density at radius 3 is 2.38 bits per heavy atom. The smallest absolute Gasteiger partial charge is 0.0325 e. The van der Waals surface area contributed by atoms with Crippen molar-refractivity contribution in [2.45, 2.75) is 71.1 Å². The predicted molar refractivity (Wildman–Crippen MR) is 57.8 cm³/mol. The van der Waals surface area contributed by atoms with E-state index in [-0.39, 0.29) is 0 Å². The molecule has 0 aromatic carbocycles. The lowest BCUT2D eigenvalue weighted by Gasteiger charge is -2.21. The second kappa shape index (κ2) is 4.02. The van der Waals surface area contributed by atoms with E-state index in [0.717, 1.165) is 11.3 Å². The Morgan fingerprint density at radius 1 is 1.08 bits per heavy atom. The van der Waals surface area contributed by atoms with Gasteiger partial charge in [0.15, 0.2) is 0 Å². The number of rotatable bonds is 4. The molecule has 0 N–H and O–H groups in total. The zero-order chi connectivity index (χ0) is 9.15. The first kappa shape index (κ1) is 9.55. The summed E-state index contributed by atoms with van der Waals surface area (Å²) in [5.74, 6) is 1.11. The van der Waals surface area contributed by atoms with Gasteiger partial charge in [-0.3, -0.25) is 0 Å². The van der Waals surface area contributed by atoms with E-state index in [9.17, 15) is 0 Å². The molecule has 2 rings (SSSR count). The normalized spacial score (nSPS) is 27.5. The van der Waals surface area contributed by atoms with Gasteiger partial charge in [0.1, 0.15) is 0 Å². The van der Waals surface area contributed by atoms with Crippen LogP contribution in [-0.4, -0.2) is 0 Å². The van der Waals surface area contributed by atoms with Crippen molar-refractivity contribution < 1.29 is 0 Å². The zero-order valence-electron chi connectivity index (χ0n) is 9.15. The Bertz CT molecular complexity index is 149. The van der Waals surface area contributed by atoms with Crippen molar-refractivity contribution in [1.82, 2.24) is 0 Å². The Labute approximate surface area is 83.1 Å². The highest BCUT2D eigenvalue weighted by Gasteiger charge is 2.36. The van der Waals surface area contributed by atoms with Gasteiger partial charge in [-0.15, -0.1) is 0 Å². The first-order chi connectivity index (χ1) is 6.29. The summed E-state index contributed by atoms with van der Waals surface area (Å²) in [6, 6.07) is 0. The molecule has 2 saturated carbocycles. The van der Waals surface area contributed by atoms with Crippen LogP contribution in [0.15, 0.2) is 0 Å². The van der Waals surface area contributed by atoms with E-state index >= 15 is 0 Å². The van der Waals surface area contributed by atoms with E-state index in [1.54, 1.807) is 0 Å². The van der Waals surface area contributed by atoms with Gasteiger partial charge in [-0.2, -0.15) is 0 Å². The maximum atomic E-state index is 2.47. The molecule has 0 aromatic rings. The third kappa shape index (κ3) is 3.00. The van der Waals surface area contributed by atoms with Crippen molar-refractivity contribution in [1.29, 1.82) is 0 Å². The van der Waals surface area contributed by atoms with E-state index in [1.807, 2.05) is 0 Å². The maximum Gasteiger partial charge on any atom is -0.0325 e. The van der Waals surface area contributed by atoms with Gasteiger partial charge in [-0.1, -0.05) is 51.9 Å². The van der Waals surface area contributed by atoms with Gasteiger partial charge in [-0.05, 0) is 30.6 Å². The quantitative estimate of drug-likeness (QED) is 0.596. The molecular weight excluding hydrogens is 156 g/mol. The molecule has 0 radical (unpaired) electrons. The monoisotopic (exact) mass is 180 g/mol. The molecule has 0 heteroatoms. The molecule has 0 nitrogen and oxygen atoms in total. The Hall–Kier alpha value is 0. The first-order valence-corrected chi connectivity index (χ1v) is 6.29. The van der Waals surface area contributed by atoms with Gasteiger partial charge < -0.3 is 0 Å². The molecule has 0 unspecified atom stereocenters. The van der Waals surface area contributed by atoms with Crippen LogP contribution in [0.25, 0.3) is 0 Å². The predicted octanol–water partition coefficient (Wildman–Crippen LogP) is 4.54. The largest absolute Gasteiger partial charge is 0.0596 e. The minimum absolute atomic E-state index is 0.800. The average molecular weight is 180 g/mol. The van der Waals surface area contributed by atoms with Gasteiger partial charge in [0.2, 0.25) is 0 Å². The topological polar surface area (TPSA) is 0 Å². The molecule has 2 aliphatic rings. The van der Waals surface area contributed by atoms with Crippen LogP contribution >= 0.6 is 0 Å². The van der Waals surface area contributed by atoms with Gasteiger partial charge in [-0.25, -0.2) is 0 Å². The molecule has 76 valence electrons. The molecule has 0 heterocycles. The van der Waals surface area contributed by atoms with Crippen LogP contribution in [0.5, 0.6) is 0 Å². The Kier molecular flexibility index (Phi) is 2.96. The van der Waals surface area contributed by atoms with Crippen LogP contribution in [0.4, 0.5) is 0 Å². The van der Waals surface area contributed by atoms with Crippen molar-refractivity contribution >= 4 is 0 Å². The van der Waals surface area contributed by atoms with Crippen molar-refractivity contribution in [2.75, 3.05) is 0 Å². The summed E-state index contributed by atoms with van der Waals surface area (Å²) in [4.78, 5) is 0. The number of hydrogen-bond acceptors (Lipinski definition) is 0. The summed E-state index contributed by atoms with van der Waals surface area (Å²) in [6.07, 6.45) is 15.2. The second-order valence-corrected chi connectivity index (χ2v) is 5.71. The highest BCUT2D eigenvalue weighted by atomic mass is 14.4. The van der Waals surface area contributed by atoms with E-state index in [4.69, 9.17) is 0 Å². The van der Waals surface area contributed by atoms with Gasteiger partial charge >= 0.3 is 0 Å². The van der Waals surface area contributed by atoms with Crippen molar-refractivity contribution in [3.8, 4) is 0 Å². The summed E-state index contributed by atoms with van der Waals surface area (Å²) in [5.41, 5.74) is 0.800.